The molecule has 0 bridgehead atoms. The van der Waals surface area contributed by atoms with Gasteiger partial charge in [0.15, 0.2) is 0 Å². The smallest absolute Gasteiger partial charge is 0.248 e. The fraction of sp³-hybridized carbons (Fsp3) is 0.0714. The highest BCUT2D eigenvalue weighted by molar-refractivity contribution is 5.92. The maximum atomic E-state index is 10.9. The van der Waals surface area contributed by atoms with Crippen molar-refractivity contribution in [2.45, 2.75) is 0 Å². The van der Waals surface area contributed by atoms with E-state index in [1.54, 1.807) is 43.5 Å². The van der Waals surface area contributed by atoms with Crippen LogP contribution in [0.2, 0.25) is 0 Å². The molecule has 1 amide bonds. The number of carbonyl (C=O) groups is 1. The molecule has 0 aliphatic carbocycles. The highest BCUT2D eigenvalue weighted by Gasteiger charge is 2.01. The van der Waals surface area contributed by atoms with E-state index in [4.69, 9.17) is 15.2 Å². The predicted octanol–water partition coefficient (Wildman–Crippen LogP) is 2.59. The summed E-state index contributed by atoms with van der Waals surface area (Å²) in [6, 6.07) is 13.9. The zero-order valence-corrected chi connectivity index (χ0v) is 9.92. The molecule has 2 aromatic rings. The molecule has 2 N–H and O–H groups in total. The van der Waals surface area contributed by atoms with Crippen molar-refractivity contribution in [2.75, 3.05) is 7.11 Å². The first-order chi connectivity index (χ1) is 8.69. The van der Waals surface area contributed by atoms with Crippen LogP contribution in [0.3, 0.4) is 0 Å². The lowest BCUT2D eigenvalue weighted by Gasteiger charge is -2.06. The van der Waals surface area contributed by atoms with Gasteiger partial charge in [0.05, 0.1) is 7.11 Å². The summed E-state index contributed by atoms with van der Waals surface area (Å²) >= 11 is 0. The lowest BCUT2D eigenvalue weighted by molar-refractivity contribution is 0.100. The van der Waals surface area contributed by atoms with Gasteiger partial charge in [0.1, 0.15) is 17.2 Å². The van der Waals surface area contributed by atoms with E-state index in [-0.39, 0.29) is 0 Å². The van der Waals surface area contributed by atoms with E-state index in [1.807, 2.05) is 12.1 Å². The van der Waals surface area contributed by atoms with Crippen molar-refractivity contribution in [3.63, 3.8) is 0 Å². The number of hydrogen-bond acceptors (Lipinski definition) is 3. The minimum atomic E-state index is -0.453. The van der Waals surface area contributed by atoms with Gasteiger partial charge in [0.2, 0.25) is 5.91 Å². The minimum absolute atomic E-state index is 0.453. The van der Waals surface area contributed by atoms with Gasteiger partial charge in [-0.25, -0.2) is 0 Å². The molecule has 0 aromatic heterocycles. The molecule has 18 heavy (non-hydrogen) atoms. The molecule has 0 fully saturated rings. The average molecular weight is 243 g/mol. The van der Waals surface area contributed by atoms with Crippen molar-refractivity contribution in [1.29, 1.82) is 0 Å². The van der Waals surface area contributed by atoms with Crippen LogP contribution in [0.4, 0.5) is 0 Å². The molecule has 0 saturated carbocycles. The topological polar surface area (TPSA) is 61.6 Å². The zero-order chi connectivity index (χ0) is 13.0. The van der Waals surface area contributed by atoms with Gasteiger partial charge >= 0.3 is 0 Å². The number of amides is 1. The summed E-state index contributed by atoms with van der Waals surface area (Å²) in [4.78, 5) is 10.9. The third kappa shape index (κ3) is 2.79. The normalized spacial score (nSPS) is 9.83. The summed E-state index contributed by atoms with van der Waals surface area (Å²) in [5.41, 5.74) is 5.61. The van der Waals surface area contributed by atoms with Crippen molar-refractivity contribution in [3.8, 4) is 17.2 Å². The van der Waals surface area contributed by atoms with Crippen molar-refractivity contribution in [2.24, 2.45) is 5.73 Å². The minimum Gasteiger partial charge on any atom is -0.497 e. The first-order valence-electron chi connectivity index (χ1n) is 5.41. The van der Waals surface area contributed by atoms with E-state index in [2.05, 4.69) is 0 Å². The molecule has 2 rings (SSSR count). The lowest BCUT2D eigenvalue weighted by Crippen LogP contribution is -2.10. The number of primary amides is 1. The second kappa shape index (κ2) is 5.23. The van der Waals surface area contributed by atoms with E-state index in [1.165, 1.54) is 0 Å². The Bertz CT molecular complexity index is 532. The summed E-state index contributed by atoms with van der Waals surface area (Å²) < 4.78 is 10.7. The lowest BCUT2D eigenvalue weighted by atomic mass is 10.2. The summed E-state index contributed by atoms with van der Waals surface area (Å²) in [7, 11) is 1.61. The summed E-state index contributed by atoms with van der Waals surface area (Å²) in [6.07, 6.45) is 0. The number of methoxy groups -OCH3 is 1. The molecule has 4 heteroatoms. The van der Waals surface area contributed by atoms with Crippen LogP contribution in [-0.2, 0) is 0 Å². The summed E-state index contributed by atoms with van der Waals surface area (Å²) in [5.74, 6) is 1.66. The highest BCUT2D eigenvalue weighted by atomic mass is 16.5. The van der Waals surface area contributed by atoms with Crippen LogP contribution < -0.4 is 15.2 Å². The largest absolute Gasteiger partial charge is 0.497 e. The Labute approximate surface area is 105 Å². The van der Waals surface area contributed by atoms with E-state index in [0.29, 0.717) is 17.1 Å². The number of ether oxygens (including phenoxy) is 2. The van der Waals surface area contributed by atoms with E-state index in [0.717, 1.165) is 5.75 Å². The van der Waals surface area contributed by atoms with Gasteiger partial charge in [-0.3, -0.25) is 4.79 Å². The molecule has 0 atom stereocenters. The Morgan fingerprint density at radius 2 is 1.33 bits per heavy atom. The Morgan fingerprint density at radius 1 is 0.889 bits per heavy atom. The van der Waals surface area contributed by atoms with Crippen LogP contribution in [0.5, 0.6) is 17.2 Å². The van der Waals surface area contributed by atoms with Gasteiger partial charge in [-0.05, 0) is 48.5 Å². The number of hydrogen-bond donors (Lipinski definition) is 1. The second-order valence-corrected chi connectivity index (χ2v) is 3.67. The highest BCUT2D eigenvalue weighted by Crippen LogP contribution is 2.23. The zero-order valence-electron chi connectivity index (χ0n) is 9.92. The van der Waals surface area contributed by atoms with E-state index in [9.17, 15) is 4.79 Å². The van der Waals surface area contributed by atoms with Crippen LogP contribution >= 0.6 is 0 Å². The molecule has 4 nitrogen and oxygen atoms in total. The van der Waals surface area contributed by atoms with Crippen LogP contribution in [-0.4, -0.2) is 13.0 Å². The number of nitrogens with two attached hydrogens (primary N) is 1. The molecule has 92 valence electrons. The molecule has 2 aromatic carbocycles. The molecule has 0 spiro atoms. The second-order valence-electron chi connectivity index (χ2n) is 3.67. The average Bonchev–Trinajstić information content (AvgIpc) is 2.40. The fourth-order valence-electron chi connectivity index (χ4n) is 1.47. The first kappa shape index (κ1) is 12.0. The molecule has 0 saturated heterocycles. The van der Waals surface area contributed by atoms with Crippen molar-refractivity contribution in [3.05, 3.63) is 54.1 Å². The monoisotopic (exact) mass is 243 g/mol. The van der Waals surface area contributed by atoms with Gasteiger partial charge in [-0.2, -0.15) is 0 Å². The number of carbonyl (C=O) groups excluding carboxylic acids is 1. The molecule has 0 aliphatic heterocycles. The Kier molecular flexibility index (Phi) is 3.48. The molecule has 0 heterocycles. The molecule has 0 aliphatic rings. The standard InChI is InChI=1S/C14H13NO3/c1-17-11-6-8-13(9-7-11)18-12-4-2-10(3-5-12)14(15)16/h2-9H,1H3,(H2,15,16). The third-order valence-corrected chi connectivity index (χ3v) is 2.43. The SMILES string of the molecule is COc1ccc(Oc2ccc(C(N)=O)cc2)cc1. The predicted molar refractivity (Wildman–Crippen MR) is 68.0 cm³/mol. The summed E-state index contributed by atoms with van der Waals surface area (Å²) in [5, 5.41) is 0. The van der Waals surface area contributed by atoms with Gasteiger partial charge in [-0.1, -0.05) is 0 Å². The number of benzene rings is 2. The fourth-order valence-corrected chi connectivity index (χ4v) is 1.47. The first-order valence-corrected chi connectivity index (χ1v) is 5.41. The van der Waals surface area contributed by atoms with Crippen LogP contribution in [0, 0.1) is 0 Å². The quantitative estimate of drug-likeness (QED) is 0.897. The number of rotatable bonds is 4. The van der Waals surface area contributed by atoms with Crippen molar-refractivity contribution >= 4 is 5.91 Å². The third-order valence-electron chi connectivity index (χ3n) is 2.43. The van der Waals surface area contributed by atoms with Crippen LogP contribution in [0.25, 0.3) is 0 Å². The molecular weight excluding hydrogens is 230 g/mol. The van der Waals surface area contributed by atoms with E-state index >= 15 is 0 Å². The Hall–Kier alpha value is -2.49. The van der Waals surface area contributed by atoms with Gasteiger partial charge in [0.25, 0.3) is 0 Å². The Balaban J connectivity index is 2.10. The van der Waals surface area contributed by atoms with Crippen LogP contribution in [0.1, 0.15) is 10.4 Å². The summed E-state index contributed by atoms with van der Waals surface area (Å²) in [6.45, 7) is 0. The molecule has 0 radical (unpaired) electrons. The van der Waals surface area contributed by atoms with Gasteiger partial charge < -0.3 is 15.2 Å². The Morgan fingerprint density at radius 3 is 1.78 bits per heavy atom. The molecular formula is C14H13NO3. The molecule has 0 unspecified atom stereocenters. The van der Waals surface area contributed by atoms with Gasteiger partial charge in [0, 0.05) is 5.56 Å². The maximum absolute atomic E-state index is 10.9. The van der Waals surface area contributed by atoms with Gasteiger partial charge in [-0.15, -0.1) is 0 Å². The van der Waals surface area contributed by atoms with Crippen molar-refractivity contribution < 1.29 is 14.3 Å². The maximum Gasteiger partial charge on any atom is 0.248 e. The van der Waals surface area contributed by atoms with Crippen molar-refractivity contribution in [1.82, 2.24) is 0 Å². The van der Waals surface area contributed by atoms with Crippen LogP contribution in [0.15, 0.2) is 48.5 Å². The van der Waals surface area contributed by atoms with E-state index < -0.39 is 5.91 Å².